The second-order valence-corrected chi connectivity index (χ2v) is 4.12. The molecule has 0 unspecified atom stereocenters. The van der Waals surface area contributed by atoms with E-state index in [1.165, 1.54) is 24.5 Å². The summed E-state index contributed by atoms with van der Waals surface area (Å²) in [6, 6.07) is 3.07. The average Bonchev–Trinajstić information content (AvgIpc) is 2.41. The molecule has 96 valence electrons. The van der Waals surface area contributed by atoms with E-state index in [0.717, 1.165) is 7.88 Å². The topological polar surface area (TPSA) is 83.8 Å². The molecule has 0 saturated carbocycles. The quantitative estimate of drug-likeness (QED) is 0.773. The molecule has 18 heavy (non-hydrogen) atoms. The van der Waals surface area contributed by atoms with Gasteiger partial charge in [-0.15, -0.1) is 20.4 Å². The summed E-state index contributed by atoms with van der Waals surface area (Å²) in [6.07, 6.45) is 2.89. The van der Waals surface area contributed by atoms with Crippen LogP contribution >= 0.6 is 47.1 Å². The molecule has 0 aliphatic carbocycles. The van der Waals surface area contributed by atoms with Gasteiger partial charge in [0.15, 0.2) is 11.6 Å². The fourth-order valence-electron chi connectivity index (χ4n) is 0.650. The summed E-state index contributed by atoms with van der Waals surface area (Å²) in [7, 11) is 0. The van der Waals surface area contributed by atoms with Crippen LogP contribution in [0.4, 0.5) is 11.6 Å². The van der Waals surface area contributed by atoms with Crippen molar-refractivity contribution in [2.45, 2.75) is 0 Å². The van der Waals surface area contributed by atoms with Crippen LogP contribution in [0.3, 0.4) is 0 Å². The first-order valence-corrected chi connectivity index (χ1v) is 5.48. The smallest absolute Gasteiger partial charge is 0.173 e. The summed E-state index contributed by atoms with van der Waals surface area (Å²) in [4.78, 5) is 0. The summed E-state index contributed by atoms with van der Waals surface area (Å²) in [6.45, 7) is 0. The van der Waals surface area contributed by atoms with Crippen LogP contribution in [0.25, 0.3) is 0 Å². The molecule has 0 bridgehead atoms. The lowest BCUT2D eigenvalue weighted by Gasteiger charge is -1.98. The number of anilines is 2. The van der Waals surface area contributed by atoms with Crippen LogP contribution in [0.2, 0.25) is 0 Å². The Morgan fingerprint density at radius 3 is 1.28 bits per heavy atom. The maximum atomic E-state index is 5.27. The van der Waals surface area contributed by atoms with E-state index in [9.17, 15) is 0 Å². The number of halogens is 4. The number of hydrogen-bond acceptors (Lipinski definition) is 8. The highest BCUT2D eigenvalue weighted by Gasteiger charge is 1.98. The molecule has 0 spiro atoms. The summed E-state index contributed by atoms with van der Waals surface area (Å²) in [5.74, 6) is 0.710. The molecule has 0 saturated heterocycles. The molecule has 0 aliphatic rings. The highest BCUT2D eigenvalue weighted by Crippen LogP contribution is 2.12. The third-order valence-electron chi connectivity index (χ3n) is 1.32. The van der Waals surface area contributed by atoms with Gasteiger partial charge in [-0.1, -0.05) is 0 Å². The van der Waals surface area contributed by atoms with Gasteiger partial charge in [-0.25, -0.2) is 0 Å². The van der Waals surface area contributed by atoms with Crippen molar-refractivity contribution < 1.29 is 0 Å². The van der Waals surface area contributed by atoms with E-state index in [0.29, 0.717) is 11.6 Å². The molecule has 8 nitrogen and oxygen atoms in total. The Morgan fingerprint density at radius 2 is 1.11 bits per heavy atom. The lowest BCUT2D eigenvalue weighted by molar-refractivity contribution is 0.868. The lowest BCUT2D eigenvalue weighted by Crippen LogP contribution is -1.97. The SMILES string of the molecule is ClN(Cl)c1ccnnn1.ClN(Cl)c1ccnnn1. The van der Waals surface area contributed by atoms with Crippen LogP contribution in [0.1, 0.15) is 0 Å². The zero-order valence-electron chi connectivity index (χ0n) is 8.40. The Labute approximate surface area is 122 Å². The Morgan fingerprint density at radius 1 is 0.722 bits per heavy atom. The molecule has 2 rings (SSSR count). The van der Waals surface area contributed by atoms with Gasteiger partial charge in [-0.05, 0) is 10.4 Å². The molecule has 0 amide bonds. The van der Waals surface area contributed by atoms with Crippen LogP contribution in [-0.2, 0) is 0 Å². The van der Waals surface area contributed by atoms with Gasteiger partial charge < -0.3 is 0 Å². The van der Waals surface area contributed by atoms with Gasteiger partial charge in [0.05, 0.1) is 12.4 Å². The number of aromatic nitrogens is 6. The van der Waals surface area contributed by atoms with E-state index >= 15 is 0 Å². The summed E-state index contributed by atoms with van der Waals surface area (Å²) < 4.78 is 1.63. The van der Waals surface area contributed by atoms with Crippen molar-refractivity contribution in [3.8, 4) is 0 Å². The first kappa shape index (κ1) is 14.8. The molecule has 0 aliphatic heterocycles. The number of hydrogen-bond donors (Lipinski definition) is 0. The van der Waals surface area contributed by atoms with Gasteiger partial charge >= 0.3 is 0 Å². The first-order chi connectivity index (χ1) is 8.61. The highest BCUT2D eigenvalue weighted by atomic mass is 35.5. The van der Waals surface area contributed by atoms with E-state index in [1.54, 1.807) is 0 Å². The molecule has 0 radical (unpaired) electrons. The normalized spacial score (nSPS) is 9.11. The van der Waals surface area contributed by atoms with Crippen molar-refractivity contribution in [2.75, 3.05) is 7.88 Å². The molecule has 0 aromatic carbocycles. The lowest BCUT2D eigenvalue weighted by atomic mass is 10.6. The number of rotatable bonds is 2. The van der Waals surface area contributed by atoms with Crippen molar-refractivity contribution in [1.29, 1.82) is 0 Å². The van der Waals surface area contributed by atoms with Crippen molar-refractivity contribution in [3.05, 3.63) is 24.5 Å². The minimum atomic E-state index is 0.355. The Bertz CT molecular complexity index is 396. The van der Waals surface area contributed by atoms with Gasteiger partial charge in [0, 0.05) is 59.2 Å². The molecule has 0 N–H and O–H groups in total. The van der Waals surface area contributed by atoms with Gasteiger partial charge in [-0.2, -0.15) is 7.88 Å². The minimum Gasteiger partial charge on any atom is -0.173 e. The van der Waals surface area contributed by atoms with Gasteiger partial charge in [0.2, 0.25) is 0 Å². The molecular formula is C6H4Cl4N8. The van der Waals surface area contributed by atoms with Crippen LogP contribution in [-0.4, -0.2) is 30.8 Å². The third kappa shape index (κ3) is 5.41. The fourth-order valence-corrected chi connectivity index (χ4v) is 1.01. The Balaban J connectivity index is 0.000000180. The van der Waals surface area contributed by atoms with Crippen molar-refractivity contribution in [2.24, 2.45) is 0 Å². The van der Waals surface area contributed by atoms with Crippen LogP contribution in [0.15, 0.2) is 24.5 Å². The monoisotopic (exact) mass is 328 g/mol. The van der Waals surface area contributed by atoms with Crippen LogP contribution in [0.5, 0.6) is 0 Å². The van der Waals surface area contributed by atoms with Gasteiger partial charge in [0.1, 0.15) is 0 Å². The van der Waals surface area contributed by atoms with Crippen LogP contribution < -0.4 is 7.88 Å². The predicted molar refractivity (Wildman–Crippen MR) is 68.0 cm³/mol. The first-order valence-electron chi connectivity index (χ1n) is 4.13. The van der Waals surface area contributed by atoms with E-state index in [-0.39, 0.29) is 0 Å². The standard InChI is InChI=1S/2C3H2Cl2N4/c2*4-9(5)3-1-2-6-8-7-3/h2*1-2H. The Hall–Kier alpha value is -1.22. The highest BCUT2D eigenvalue weighted by molar-refractivity contribution is 6.49. The zero-order valence-corrected chi connectivity index (χ0v) is 11.4. The predicted octanol–water partition coefficient (Wildman–Crippen LogP) is 1.97. The number of nitrogens with zero attached hydrogens (tertiary/aromatic N) is 8. The zero-order chi connectivity index (χ0) is 13.4. The molecular weight excluding hydrogens is 326 g/mol. The average molecular weight is 330 g/mol. The molecule has 0 fully saturated rings. The summed E-state index contributed by atoms with van der Waals surface area (Å²) in [5, 5.41) is 20.4. The second-order valence-electron chi connectivity index (χ2n) is 2.42. The summed E-state index contributed by atoms with van der Waals surface area (Å²) >= 11 is 21.1. The molecule has 2 heterocycles. The maximum absolute atomic E-state index is 5.27. The Kier molecular flexibility index (Phi) is 6.58. The van der Waals surface area contributed by atoms with Crippen molar-refractivity contribution in [1.82, 2.24) is 30.8 Å². The second kappa shape index (κ2) is 7.98. The molecule has 12 heteroatoms. The van der Waals surface area contributed by atoms with Crippen molar-refractivity contribution in [3.63, 3.8) is 0 Å². The van der Waals surface area contributed by atoms with Gasteiger partial charge in [0.25, 0.3) is 0 Å². The summed E-state index contributed by atoms with van der Waals surface area (Å²) in [5.41, 5.74) is 0. The largest absolute Gasteiger partial charge is 0.185 e. The minimum absolute atomic E-state index is 0.355. The molecule has 2 aromatic rings. The van der Waals surface area contributed by atoms with E-state index in [1.807, 2.05) is 0 Å². The maximum Gasteiger partial charge on any atom is 0.185 e. The molecule has 0 atom stereocenters. The van der Waals surface area contributed by atoms with Crippen molar-refractivity contribution >= 4 is 58.7 Å². The van der Waals surface area contributed by atoms with E-state index in [4.69, 9.17) is 47.1 Å². The van der Waals surface area contributed by atoms with Gasteiger partial charge in [-0.3, -0.25) is 0 Å². The third-order valence-corrected chi connectivity index (χ3v) is 2.02. The van der Waals surface area contributed by atoms with E-state index < -0.39 is 0 Å². The van der Waals surface area contributed by atoms with E-state index in [2.05, 4.69) is 30.8 Å². The molecule has 2 aromatic heterocycles. The van der Waals surface area contributed by atoms with Crippen LogP contribution in [0, 0.1) is 0 Å². The fraction of sp³-hybridized carbons (Fsp3) is 0.